The zero-order valence-corrected chi connectivity index (χ0v) is 12.3. The Morgan fingerprint density at radius 1 is 1.00 bits per heavy atom. The molecule has 1 nitrogen and oxygen atoms in total. The highest BCUT2D eigenvalue weighted by Gasteiger charge is 2.21. The van der Waals surface area contributed by atoms with Crippen molar-refractivity contribution >= 4 is 0 Å². The molecule has 1 atom stereocenters. The van der Waals surface area contributed by atoms with E-state index in [-0.39, 0.29) is 0 Å². The van der Waals surface area contributed by atoms with Crippen LogP contribution in [0.1, 0.15) is 85.0 Å². The third-order valence-corrected chi connectivity index (χ3v) is 4.41. The molecule has 102 valence electrons. The summed E-state index contributed by atoms with van der Waals surface area (Å²) in [5.41, 5.74) is 0. The van der Waals surface area contributed by atoms with Crippen molar-refractivity contribution < 1.29 is 0 Å². The molecule has 1 N–H and O–H groups in total. The molecule has 0 heterocycles. The normalized spacial score (nSPS) is 27.0. The third-order valence-electron chi connectivity index (χ3n) is 4.41. The number of hydrogen-bond donors (Lipinski definition) is 1. The van der Waals surface area contributed by atoms with Crippen LogP contribution >= 0.6 is 0 Å². The van der Waals surface area contributed by atoms with Gasteiger partial charge in [0.1, 0.15) is 0 Å². The molecule has 0 aromatic carbocycles. The fourth-order valence-electron chi connectivity index (χ4n) is 3.22. The summed E-state index contributed by atoms with van der Waals surface area (Å²) in [4.78, 5) is 0. The van der Waals surface area contributed by atoms with E-state index in [1.807, 2.05) is 0 Å². The van der Waals surface area contributed by atoms with Crippen molar-refractivity contribution in [3.05, 3.63) is 0 Å². The minimum absolute atomic E-state index is 0.780. The van der Waals surface area contributed by atoms with E-state index in [0.29, 0.717) is 0 Å². The maximum atomic E-state index is 3.90. The molecule has 0 bridgehead atoms. The molecule has 1 heteroatoms. The quantitative estimate of drug-likeness (QED) is 0.635. The maximum Gasteiger partial charge on any atom is 0.00698 e. The average molecular weight is 239 g/mol. The van der Waals surface area contributed by atoms with Gasteiger partial charge in [-0.05, 0) is 44.4 Å². The van der Waals surface area contributed by atoms with E-state index in [4.69, 9.17) is 0 Å². The lowest BCUT2D eigenvalue weighted by Gasteiger charge is -2.32. The van der Waals surface area contributed by atoms with Gasteiger partial charge in [-0.3, -0.25) is 0 Å². The summed E-state index contributed by atoms with van der Waals surface area (Å²) < 4.78 is 0. The molecule has 0 amide bonds. The Morgan fingerprint density at radius 3 is 2.24 bits per heavy atom. The van der Waals surface area contributed by atoms with Crippen LogP contribution in [0.3, 0.4) is 0 Å². The smallest absolute Gasteiger partial charge is 0.00698 e. The second kappa shape index (κ2) is 8.97. The molecule has 0 saturated heterocycles. The van der Waals surface area contributed by atoms with E-state index in [1.165, 1.54) is 64.2 Å². The molecule has 1 aliphatic carbocycles. The summed E-state index contributed by atoms with van der Waals surface area (Å²) in [6.07, 6.45) is 14.0. The van der Waals surface area contributed by atoms with E-state index >= 15 is 0 Å². The SMILES string of the molecule is CCCCC(CC)NC1CCC(CCC)CC1. The Labute approximate surface area is 109 Å². The number of nitrogens with one attached hydrogen (secondary N) is 1. The van der Waals surface area contributed by atoms with Crippen molar-refractivity contribution in [1.29, 1.82) is 0 Å². The van der Waals surface area contributed by atoms with Crippen LogP contribution in [0.15, 0.2) is 0 Å². The van der Waals surface area contributed by atoms with Crippen molar-refractivity contribution in [2.45, 2.75) is 97.1 Å². The Morgan fingerprint density at radius 2 is 1.71 bits per heavy atom. The molecule has 17 heavy (non-hydrogen) atoms. The molecule has 0 radical (unpaired) electrons. The summed E-state index contributed by atoms with van der Waals surface area (Å²) in [7, 11) is 0. The minimum Gasteiger partial charge on any atom is -0.311 e. The predicted molar refractivity (Wildman–Crippen MR) is 77.4 cm³/mol. The van der Waals surface area contributed by atoms with Gasteiger partial charge in [-0.25, -0.2) is 0 Å². The van der Waals surface area contributed by atoms with E-state index < -0.39 is 0 Å². The van der Waals surface area contributed by atoms with E-state index in [0.717, 1.165) is 18.0 Å². The lowest BCUT2D eigenvalue weighted by molar-refractivity contribution is 0.256. The molecule has 1 fully saturated rings. The van der Waals surface area contributed by atoms with Crippen LogP contribution in [-0.2, 0) is 0 Å². The Kier molecular flexibility index (Phi) is 7.92. The second-order valence-corrected chi connectivity index (χ2v) is 5.92. The van der Waals surface area contributed by atoms with Crippen LogP contribution in [0, 0.1) is 5.92 Å². The molecule has 1 saturated carbocycles. The molecular formula is C16H33N. The molecule has 0 aromatic heterocycles. The monoisotopic (exact) mass is 239 g/mol. The van der Waals surface area contributed by atoms with Gasteiger partial charge in [0.25, 0.3) is 0 Å². The van der Waals surface area contributed by atoms with Gasteiger partial charge in [-0.1, -0.05) is 46.5 Å². The summed E-state index contributed by atoms with van der Waals surface area (Å²) in [5.74, 6) is 1.04. The Balaban J connectivity index is 2.19. The summed E-state index contributed by atoms with van der Waals surface area (Å²) in [5, 5.41) is 3.90. The van der Waals surface area contributed by atoms with Crippen LogP contribution in [-0.4, -0.2) is 12.1 Å². The lowest BCUT2D eigenvalue weighted by Crippen LogP contribution is -2.40. The highest BCUT2D eigenvalue weighted by molar-refractivity contribution is 4.80. The molecular weight excluding hydrogens is 206 g/mol. The van der Waals surface area contributed by atoms with Crippen LogP contribution in [0.2, 0.25) is 0 Å². The molecule has 1 unspecified atom stereocenters. The van der Waals surface area contributed by atoms with E-state index in [2.05, 4.69) is 26.1 Å². The topological polar surface area (TPSA) is 12.0 Å². The first kappa shape index (κ1) is 15.0. The van der Waals surface area contributed by atoms with Gasteiger partial charge in [0.05, 0.1) is 0 Å². The van der Waals surface area contributed by atoms with Gasteiger partial charge in [-0.15, -0.1) is 0 Å². The molecule has 0 spiro atoms. The van der Waals surface area contributed by atoms with Gasteiger partial charge in [-0.2, -0.15) is 0 Å². The van der Waals surface area contributed by atoms with Gasteiger partial charge in [0, 0.05) is 12.1 Å². The van der Waals surface area contributed by atoms with Crippen molar-refractivity contribution in [1.82, 2.24) is 5.32 Å². The first-order chi connectivity index (χ1) is 8.30. The van der Waals surface area contributed by atoms with Crippen LogP contribution in [0.5, 0.6) is 0 Å². The molecule has 0 aliphatic heterocycles. The fourth-order valence-corrected chi connectivity index (χ4v) is 3.22. The zero-order valence-electron chi connectivity index (χ0n) is 12.3. The van der Waals surface area contributed by atoms with Crippen molar-refractivity contribution in [3.8, 4) is 0 Å². The second-order valence-electron chi connectivity index (χ2n) is 5.92. The van der Waals surface area contributed by atoms with Crippen LogP contribution in [0.4, 0.5) is 0 Å². The zero-order chi connectivity index (χ0) is 12.5. The van der Waals surface area contributed by atoms with Crippen LogP contribution < -0.4 is 5.32 Å². The van der Waals surface area contributed by atoms with E-state index in [1.54, 1.807) is 0 Å². The van der Waals surface area contributed by atoms with Crippen molar-refractivity contribution in [2.24, 2.45) is 5.92 Å². The first-order valence-corrected chi connectivity index (χ1v) is 8.06. The summed E-state index contributed by atoms with van der Waals surface area (Å²) in [6, 6.07) is 1.60. The molecule has 1 rings (SSSR count). The fraction of sp³-hybridized carbons (Fsp3) is 1.00. The Bertz CT molecular complexity index is 170. The van der Waals surface area contributed by atoms with Gasteiger partial charge in [0.2, 0.25) is 0 Å². The minimum atomic E-state index is 0.780. The van der Waals surface area contributed by atoms with E-state index in [9.17, 15) is 0 Å². The Hall–Kier alpha value is -0.0400. The standard InChI is InChI=1S/C16H33N/c1-4-7-9-15(6-3)17-16-12-10-14(8-5-2)11-13-16/h14-17H,4-13H2,1-3H3. The maximum absolute atomic E-state index is 3.90. The average Bonchev–Trinajstić information content (AvgIpc) is 2.37. The van der Waals surface area contributed by atoms with Gasteiger partial charge in [0.15, 0.2) is 0 Å². The largest absolute Gasteiger partial charge is 0.311 e. The first-order valence-electron chi connectivity index (χ1n) is 8.06. The highest BCUT2D eigenvalue weighted by Crippen LogP contribution is 2.28. The van der Waals surface area contributed by atoms with Crippen molar-refractivity contribution in [2.75, 3.05) is 0 Å². The van der Waals surface area contributed by atoms with Gasteiger partial charge < -0.3 is 5.32 Å². The van der Waals surface area contributed by atoms with Crippen LogP contribution in [0.25, 0.3) is 0 Å². The number of rotatable bonds is 8. The molecule has 1 aliphatic rings. The van der Waals surface area contributed by atoms with Gasteiger partial charge >= 0.3 is 0 Å². The number of hydrogen-bond acceptors (Lipinski definition) is 1. The lowest BCUT2D eigenvalue weighted by atomic mass is 9.83. The third kappa shape index (κ3) is 5.90. The molecule has 0 aromatic rings. The summed E-state index contributed by atoms with van der Waals surface area (Å²) >= 11 is 0. The number of unbranched alkanes of at least 4 members (excludes halogenated alkanes) is 1. The predicted octanol–water partition coefficient (Wildman–Crippen LogP) is 4.90. The van der Waals surface area contributed by atoms with Crippen molar-refractivity contribution in [3.63, 3.8) is 0 Å². The highest BCUT2D eigenvalue weighted by atomic mass is 14.9. The summed E-state index contributed by atoms with van der Waals surface area (Å²) in [6.45, 7) is 6.95.